The molecule has 0 aliphatic heterocycles. The van der Waals surface area contributed by atoms with Crippen LogP contribution in [0.5, 0.6) is 0 Å². The van der Waals surface area contributed by atoms with Crippen molar-refractivity contribution in [2.45, 2.75) is 59.8 Å². The van der Waals surface area contributed by atoms with Gasteiger partial charge in [-0.1, -0.05) is 32.4 Å². The van der Waals surface area contributed by atoms with Gasteiger partial charge in [0.1, 0.15) is 0 Å². The Kier molecular flexibility index (Phi) is 4.55. The molecule has 0 amide bonds. The van der Waals surface area contributed by atoms with Crippen molar-refractivity contribution in [1.82, 2.24) is 0 Å². The largest absolute Gasteiger partial charge is 0.493 e. The van der Waals surface area contributed by atoms with E-state index in [0.29, 0.717) is 17.9 Å². The number of hydrogen-bond acceptors (Lipinski definition) is 3. The van der Waals surface area contributed by atoms with Gasteiger partial charge in [-0.3, -0.25) is 9.59 Å². The summed E-state index contributed by atoms with van der Waals surface area (Å²) in [6.45, 7) is 9.32. The molecule has 0 aromatic heterocycles. The highest BCUT2D eigenvalue weighted by Gasteiger charge is 2.50. The van der Waals surface area contributed by atoms with Crippen molar-refractivity contribution in [3.05, 3.63) is 35.1 Å². The second kappa shape index (κ2) is 6.26. The molecule has 3 aliphatic carbocycles. The van der Waals surface area contributed by atoms with Crippen LogP contribution in [0.15, 0.2) is 35.1 Å². The molecule has 0 aromatic rings. The number of hydrogen-bond donors (Lipinski definition) is 0. The van der Waals surface area contributed by atoms with Gasteiger partial charge in [-0.2, -0.15) is 0 Å². The molecule has 0 radical (unpaired) electrons. The molecule has 136 valence electrons. The number of methoxy groups -OCH3 is 1. The molecule has 1 saturated carbocycles. The smallest absolute Gasteiger partial charge is 0.223 e. The molecule has 25 heavy (non-hydrogen) atoms. The van der Waals surface area contributed by atoms with Crippen molar-refractivity contribution in [2.24, 2.45) is 22.7 Å². The summed E-state index contributed by atoms with van der Waals surface area (Å²) in [6.07, 6.45) is 10.5. The minimum absolute atomic E-state index is 0.0229. The Morgan fingerprint density at radius 3 is 2.64 bits per heavy atom. The molecule has 0 bridgehead atoms. The first-order valence-corrected chi connectivity index (χ1v) is 9.41. The van der Waals surface area contributed by atoms with Crippen LogP contribution in [0.1, 0.15) is 59.8 Å². The molecule has 3 heteroatoms. The number of ketones is 2. The zero-order chi connectivity index (χ0) is 18.4. The maximum atomic E-state index is 12.6. The second-order valence-corrected chi connectivity index (χ2v) is 8.95. The summed E-state index contributed by atoms with van der Waals surface area (Å²) < 4.78 is 5.11. The van der Waals surface area contributed by atoms with E-state index in [1.54, 1.807) is 0 Å². The third-order valence-electron chi connectivity index (χ3n) is 6.89. The molecule has 3 aliphatic rings. The minimum atomic E-state index is -0.142. The van der Waals surface area contributed by atoms with Crippen LogP contribution >= 0.6 is 0 Å². The molecule has 3 rings (SSSR count). The van der Waals surface area contributed by atoms with Crippen LogP contribution < -0.4 is 0 Å². The second-order valence-electron chi connectivity index (χ2n) is 8.95. The number of carbonyl (C=O) groups excluding carboxylic acids is 2. The average Bonchev–Trinajstić information content (AvgIpc) is 2.51. The first kappa shape index (κ1) is 18.2. The summed E-state index contributed by atoms with van der Waals surface area (Å²) in [5.41, 5.74) is 2.33. The monoisotopic (exact) mass is 342 g/mol. The maximum absolute atomic E-state index is 12.6. The molecule has 0 heterocycles. The van der Waals surface area contributed by atoms with Gasteiger partial charge in [-0.05, 0) is 67.8 Å². The van der Waals surface area contributed by atoms with E-state index in [-0.39, 0.29) is 28.2 Å². The maximum Gasteiger partial charge on any atom is 0.223 e. The van der Waals surface area contributed by atoms with Crippen LogP contribution in [0, 0.1) is 22.7 Å². The molecule has 4 unspecified atom stereocenters. The fourth-order valence-corrected chi connectivity index (χ4v) is 5.89. The molecular formula is C22H30O3. The van der Waals surface area contributed by atoms with E-state index >= 15 is 0 Å². The summed E-state index contributed by atoms with van der Waals surface area (Å²) in [6, 6.07) is 0. The quantitative estimate of drug-likeness (QED) is 0.547. The molecule has 1 fully saturated rings. The van der Waals surface area contributed by atoms with Crippen molar-refractivity contribution in [2.75, 3.05) is 7.11 Å². The van der Waals surface area contributed by atoms with E-state index in [2.05, 4.69) is 33.8 Å². The van der Waals surface area contributed by atoms with Crippen molar-refractivity contribution >= 4 is 11.6 Å². The molecule has 0 N–H and O–H groups in total. The fourth-order valence-electron chi connectivity index (χ4n) is 5.89. The summed E-state index contributed by atoms with van der Waals surface area (Å²) >= 11 is 0. The first-order chi connectivity index (χ1) is 11.7. The molecule has 3 nitrogen and oxygen atoms in total. The molecule has 0 spiro atoms. The van der Waals surface area contributed by atoms with Crippen LogP contribution in [-0.2, 0) is 14.3 Å². The van der Waals surface area contributed by atoms with E-state index in [4.69, 9.17) is 4.74 Å². The Labute approximate surface area is 151 Å². The third kappa shape index (κ3) is 3.14. The first-order valence-electron chi connectivity index (χ1n) is 9.41. The van der Waals surface area contributed by atoms with Gasteiger partial charge in [-0.15, -0.1) is 0 Å². The van der Waals surface area contributed by atoms with E-state index in [1.807, 2.05) is 0 Å². The Bertz CT molecular complexity index is 696. The van der Waals surface area contributed by atoms with Crippen LogP contribution in [0.2, 0.25) is 0 Å². The van der Waals surface area contributed by atoms with E-state index in [1.165, 1.54) is 37.7 Å². The van der Waals surface area contributed by atoms with Crippen molar-refractivity contribution in [1.29, 1.82) is 0 Å². The lowest BCUT2D eigenvalue weighted by Crippen LogP contribution is -2.46. The summed E-state index contributed by atoms with van der Waals surface area (Å²) in [7, 11) is 1.45. The number of Topliss-reactive ketones (excluding diaryl/α,β-unsaturated/α-hetero) is 1. The fraction of sp³-hybridized carbons (Fsp3) is 0.636. The van der Waals surface area contributed by atoms with Crippen molar-refractivity contribution in [3.63, 3.8) is 0 Å². The highest BCUT2D eigenvalue weighted by atomic mass is 16.5. The van der Waals surface area contributed by atoms with Crippen LogP contribution in [0.3, 0.4) is 0 Å². The summed E-state index contributed by atoms with van der Waals surface area (Å²) in [5.74, 6) is 1.25. The topological polar surface area (TPSA) is 43.4 Å². The Morgan fingerprint density at radius 1 is 1.24 bits per heavy atom. The lowest BCUT2D eigenvalue weighted by atomic mass is 9.49. The van der Waals surface area contributed by atoms with Crippen LogP contribution in [-0.4, -0.2) is 18.7 Å². The van der Waals surface area contributed by atoms with Gasteiger partial charge in [0, 0.05) is 11.6 Å². The highest BCUT2D eigenvalue weighted by Crippen LogP contribution is 2.60. The molecule has 0 aromatic carbocycles. The standard InChI is InChI=1S/C22H30O3/c1-14-11-21(3,13-22(4)15(2)7-6-8-18(14)22)12-16-9-17(23)10-19(25-5)20(16)24/h7,9-10,14,18H,6,8,11-13H2,1-5H3. The number of rotatable bonds is 3. The summed E-state index contributed by atoms with van der Waals surface area (Å²) in [5, 5.41) is 0. The molecular weight excluding hydrogens is 312 g/mol. The van der Waals surface area contributed by atoms with Gasteiger partial charge in [-0.25, -0.2) is 0 Å². The lowest BCUT2D eigenvalue weighted by Gasteiger charge is -2.55. The predicted octanol–water partition coefficient (Wildman–Crippen LogP) is 4.78. The average molecular weight is 342 g/mol. The van der Waals surface area contributed by atoms with E-state index in [9.17, 15) is 9.59 Å². The Balaban J connectivity index is 1.88. The normalized spacial score (nSPS) is 38.5. The molecule has 4 atom stereocenters. The highest BCUT2D eigenvalue weighted by molar-refractivity contribution is 6.19. The van der Waals surface area contributed by atoms with Gasteiger partial charge in [0.05, 0.1) is 7.11 Å². The van der Waals surface area contributed by atoms with Gasteiger partial charge < -0.3 is 4.74 Å². The molecule has 0 saturated heterocycles. The number of carbonyl (C=O) groups is 2. The summed E-state index contributed by atoms with van der Waals surface area (Å²) in [4.78, 5) is 24.5. The van der Waals surface area contributed by atoms with Crippen molar-refractivity contribution in [3.8, 4) is 0 Å². The van der Waals surface area contributed by atoms with Gasteiger partial charge in [0.15, 0.2) is 11.5 Å². The zero-order valence-corrected chi connectivity index (χ0v) is 16.1. The van der Waals surface area contributed by atoms with E-state index < -0.39 is 0 Å². The van der Waals surface area contributed by atoms with Gasteiger partial charge >= 0.3 is 0 Å². The third-order valence-corrected chi connectivity index (χ3v) is 6.89. The Hall–Kier alpha value is -1.64. The number of allylic oxidation sites excluding steroid dienone is 5. The van der Waals surface area contributed by atoms with Crippen LogP contribution in [0.4, 0.5) is 0 Å². The van der Waals surface area contributed by atoms with E-state index in [0.717, 1.165) is 18.8 Å². The van der Waals surface area contributed by atoms with Crippen LogP contribution in [0.25, 0.3) is 0 Å². The van der Waals surface area contributed by atoms with Crippen molar-refractivity contribution < 1.29 is 14.3 Å². The predicted molar refractivity (Wildman–Crippen MR) is 98.9 cm³/mol. The zero-order valence-electron chi connectivity index (χ0n) is 16.1. The number of fused-ring (bicyclic) bond motifs is 1. The Morgan fingerprint density at radius 2 is 1.96 bits per heavy atom. The lowest BCUT2D eigenvalue weighted by molar-refractivity contribution is -0.118. The number of ether oxygens (including phenoxy) is 1. The minimum Gasteiger partial charge on any atom is -0.493 e. The van der Waals surface area contributed by atoms with Gasteiger partial charge in [0.25, 0.3) is 0 Å². The SMILES string of the molecule is COC1=CC(=O)C=C(CC2(C)CC(C)C3CCC=C(C)C3(C)C2)C1=O. The van der Waals surface area contributed by atoms with Gasteiger partial charge in [0.2, 0.25) is 5.78 Å².